The first-order valence-corrected chi connectivity index (χ1v) is 9.32. The molecule has 9 heteroatoms. The number of sulfonamides is 1. The highest BCUT2D eigenvalue weighted by atomic mass is 35.5. The average Bonchev–Trinajstić information content (AvgIpc) is 2.99. The van der Waals surface area contributed by atoms with Crippen LogP contribution < -0.4 is 4.74 Å². The van der Waals surface area contributed by atoms with Gasteiger partial charge in [0, 0.05) is 18.8 Å². The average molecular weight is 392 g/mol. The van der Waals surface area contributed by atoms with Crippen molar-refractivity contribution < 1.29 is 18.3 Å². The molecule has 1 N–H and O–H groups in total. The van der Waals surface area contributed by atoms with E-state index < -0.39 is 16.1 Å². The molecule has 7 nitrogen and oxygen atoms in total. The van der Waals surface area contributed by atoms with Gasteiger partial charge in [-0.05, 0) is 29.8 Å². The van der Waals surface area contributed by atoms with Crippen molar-refractivity contribution in [2.75, 3.05) is 13.1 Å². The highest BCUT2D eigenvalue weighted by Gasteiger charge is 2.37. The van der Waals surface area contributed by atoms with Gasteiger partial charge in [0.1, 0.15) is 6.10 Å². The summed E-state index contributed by atoms with van der Waals surface area (Å²) in [5.74, 6) is -0.0449. The molecule has 0 unspecified atom stereocenters. The summed E-state index contributed by atoms with van der Waals surface area (Å²) >= 11 is 5.75. The molecule has 2 heterocycles. The van der Waals surface area contributed by atoms with Crippen molar-refractivity contribution in [2.45, 2.75) is 11.1 Å². The van der Waals surface area contributed by atoms with Crippen LogP contribution in [0, 0.1) is 11.3 Å². The third-order valence-corrected chi connectivity index (χ3v) is 5.82. The van der Waals surface area contributed by atoms with Crippen LogP contribution in [0.15, 0.2) is 53.7 Å². The molecule has 0 spiro atoms. The van der Waals surface area contributed by atoms with Crippen molar-refractivity contribution in [1.29, 1.82) is 5.26 Å². The summed E-state index contributed by atoms with van der Waals surface area (Å²) in [6.45, 7) is 3.94. The summed E-state index contributed by atoms with van der Waals surface area (Å²) in [6, 6.07) is 8.92. The zero-order valence-electron chi connectivity index (χ0n) is 13.5. The fourth-order valence-corrected chi connectivity index (χ4v) is 3.96. The van der Waals surface area contributed by atoms with Crippen molar-refractivity contribution in [3.05, 3.63) is 59.3 Å². The number of nitriles is 1. The largest absolute Gasteiger partial charge is 0.504 e. The van der Waals surface area contributed by atoms with E-state index in [9.17, 15) is 13.5 Å². The number of hydrogen-bond acceptors (Lipinski definition) is 6. The highest BCUT2D eigenvalue weighted by molar-refractivity contribution is 7.89. The van der Waals surface area contributed by atoms with E-state index in [2.05, 4.69) is 11.6 Å². The van der Waals surface area contributed by atoms with Crippen molar-refractivity contribution >= 4 is 21.6 Å². The summed E-state index contributed by atoms with van der Waals surface area (Å²) in [5.41, 5.74) is 0.848. The van der Waals surface area contributed by atoms with Gasteiger partial charge in [-0.15, -0.1) is 0 Å². The van der Waals surface area contributed by atoms with Crippen LogP contribution in [0.5, 0.6) is 11.5 Å². The van der Waals surface area contributed by atoms with Gasteiger partial charge in [0.25, 0.3) is 10.0 Å². The lowest BCUT2D eigenvalue weighted by molar-refractivity contribution is 0.232. The Morgan fingerprint density at radius 2 is 2.15 bits per heavy atom. The minimum absolute atomic E-state index is 0.0156. The number of halogens is 1. The lowest BCUT2D eigenvalue weighted by atomic mass is 10.2. The third-order valence-electron chi connectivity index (χ3n) is 3.87. The molecule has 0 radical (unpaired) electrons. The molecule has 0 aliphatic carbocycles. The number of phenols is 1. The van der Waals surface area contributed by atoms with Gasteiger partial charge in [-0.25, -0.2) is 13.4 Å². The number of nitrogens with zero attached hydrogens (tertiary/aromatic N) is 3. The lowest BCUT2D eigenvalue weighted by Crippen LogP contribution is -2.31. The number of benzene rings is 1. The van der Waals surface area contributed by atoms with Crippen LogP contribution in [0.25, 0.3) is 0 Å². The Morgan fingerprint density at radius 1 is 1.38 bits per heavy atom. The zero-order chi connectivity index (χ0) is 18.9. The van der Waals surface area contributed by atoms with Gasteiger partial charge in [-0.2, -0.15) is 9.57 Å². The number of phenolic OH excluding ortho intramolecular Hbond substituents is 1. The third kappa shape index (κ3) is 3.51. The van der Waals surface area contributed by atoms with E-state index in [0.29, 0.717) is 16.2 Å². The van der Waals surface area contributed by atoms with Crippen molar-refractivity contribution in [3.8, 4) is 17.6 Å². The molecule has 1 aromatic carbocycles. The SMILES string of the molecule is C=C1CN(S(=O)(=O)c2ccc(Cl)cn2)C[C@@H]1Oc1cc(C#N)ccc1O. The van der Waals surface area contributed by atoms with E-state index in [4.69, 9.17) is 21.6 Å². The molecule has 0 bridgehead atoms. The van der Waals surface area contributed by atoms with Gasteiger partial charge in [-0.1, -0.05) is 18.2 Å². The molecule has 1 saturated heterocycles. The van der Waals surface area contributed by atoms with E-state index in [1.54, 1.807) is 0 Å². The molecule has 26 heavy (non-hydrogen) atoms. The maximum Gasteiger partial charge on any atom is 0.260 e. The lowest BCUT2D eigenvalue weighted by Gasteiger charge is -2.17. The van der Waals surface area contributed by atoms with Crippen LogP contribution in [0.2, 0.25) is 5.02 Å². The molecular formula is C17H14ClN3O4S. The summed E-state index contributed by atoms with van der Waals surface area (Å²) in [7, 11) is -3.83. The first-order valence-electron chi connectivity index (χ1n) is 7.50. The van der Waals surface area contributed by atoms with E-state index in [-0.39, 0.29) is 29.6 Å². The quantitative estimate of drug-likeness (QED) is 0.802. The summed E-state index contributed by atoms with van der Waals surface area (Å²) in [6.07, 6.45) is 0.607. The number of hydrogen-bond donors (Lipinski definition) is 1. The minimum atomic E-state index is -3.83. The van der Waals surface area contributed by atoms with Gasteiger partial charge in [0.2, 0.25) is 0 Å². The summed E-state index contributed by atoms with van der Waals surface area (Å²) in [5, 5.41) is 19.1. The number of pyridine rings is 1. The molecule has 1 fully saturated rings. The van der Waals surface area contributed by atoms with E-state index >= 15 is 0 Å². The van der Waals surface area contributed by atoms with Crippen LogP contribution >= 0.6 is 11.6 Å². The Balaban J connectivity index is 1.81. The van der Waals surface area contributed by atoms with E-state index in [0.717, 1.165) is 0 Å². The Kier molecular flexibility index (Phi) is 4.87. The monoisotopic (exact) mass is 391 g/mol. The number of aromatic nitrogens is 1. The molecule has 0 saturated carbocycles. The van der Waals surface area contributed by atoms with E-state index in [1.165, 1.54) is 40.8 Å². The van der Waals surface area contributed by atoms with Gasteiger partial charge in [0.05, 0.1) is 23.2 Å². The van der Waals surface area contributed by atoms with E-state index in [1.807, 2.05) is 6.07 Å². The predicted molar refractivity (Wildman–Crippen MR) is 94.4 cm³/mol. The summed E-state index contributed by atoms with van der Waals surface area (Å²) in [4.78, 5) is 3.86. The zero-order valence-corrected chi connectivity index (χ0v) is 15.0. The summed E-state index contributed by atoms with van der Waals surface area (Å²) < 4.78 is 32.3. The molecule has 1 aliphatic heterocycles. The molecule has 3 rings (SSSR count). The van der Waals surface area contributed by atoms with Crippen molar-refractivity contribution in [2.24, 2.45) is 0 Å². The van der Waals surface area contributed by atoms with Crippen molar-refractivity contribution in [3.63, 3.8) is 0 Å². The highest BCUT2D eigenvalue weighted by Crippen LogP contribution is 2.31. The Hall–Kier alpha value is -2.60. The van der Waals surface area contributed by atoms with Crippen LogP contribution in [0.3, 0.4) is 0 Å². The van der Waals surface area contributed by atoms with Gasteiger partial charge >= 0.3 is 0 Å². The smallest absolute Gasteiger partial charge is 0.260 e. The van der Waals surface area contributed by atoms with Crippen LogP contribution in [0.1, 0.15) is 5.56 Å². The first kappa shape index (κ1) is 18.2. The topological polar surface area (TPSA) is 104 Å². The Bertz CT molecular complexity index is 1000. The molecule has 1 atom stereocenters. The second kappa shape index (κ2) is 6.96. The molecule has 1 aromatic heterocycles. The Labute approximate surface area is 155 Å². The molecule has 0 amide bonds. The standard InChI is InChI=1S/C17H14ClN3O4S/c1-11-9-21(26(23,24)17-5-3-13(18)8-20-17)10-16(11)25-15-6-12(7-19)2-4-14(15)22/h2-6,8,16,22H,1,9-10H2/t16-/m0/s1. The van der Waals surface area contributed by atoms with Crippen LogP contribution in [-0.2, 0) is 10.0 Å². The normalized spacial score (nSPS) is 17.8. The number of rotatable bonds is 4. The van der Waals surface area contributed by atoms with Crippen LogP contribution in [-0.4, -0.2) is 42.0 Å². The fourth-order valence-electron chi connectivity index (χ4n) is 2.49. The first-order chi connectivity index (χ1) is 12.3. The number of ether oxygens (including phenoxy) is 1. The van der Waals surface area contributed by atoms with Gasteiger partial charge < -0.3 is 9.84 Å². The van der Waals surface area contributed by atoms with Crippen molar-refractivity contribution in [1.82, 2.24) is 9.29 Å². The Morgan fingerprint density at radius 3 is 2.81 bits per heavy atom. The molecule has 2 aromatic rings. The maximum atomic E-state index is 12.7. The minimum Gasteiger partial charge on any atom is -0.504 e. The fraction of sp³-hybridized carbons (Fsp3) is 0.176. The van der Waals surface area contributed by atoms with Gasteiger partial charge in [-0.3, -0.25) is 0 Å². The molecular weight excluding hydrogens is 378 g/mol. The predicted octanol–water partition coefficient (Wildman–Crippen LogP) is 2.32. The van der Waals surface area contributed by atoms with Gasteiger partial charge in [0.15, 0.2) is 16.5 Å². The second-order valence-electron chi connectivity index (χ2n) is 5.67. The second-order valence-corrected chi connectivity index (χ2v) is 7.99. The molecule has 134 valence electrons. The maximum absolute atomic E-state index is 12.7. The van der Waals surface area contributed by atoms with Crippen LogP contribution in [0.4, 0.5) is 0 Å². The molecule has 1 aliphatic rings. The number of aromatic hydroxyl groups is 1.